The van der Waals surface area contributed by atoms with Crippen molar-refractivity contribution < 1.29 is 0 Å². The highest BCUT2D eigenvalue weighted by Crippen LogP contribution is 2.63. The van der Waals surface area contributed by atoms with E-state index in [2.05, 4.69) is 585 Å². The van der Waals surface area contributed by atoms with Crippen molar-refractivity contribution in [2.75, 3.05) is 19.6 Å². The third-order valence-electron chi connectivity index (χ3n) is 30.3. The van der Waals surface area contributed by atoms with E-state index < -0.39 is 0 Å². The van der Waals surface area contributed by atoms with E-state index in [1.165, 1.54) is 210 Å². The van der Waals surface area contributed by atoms with Crippen molar-refractivity contribution in [2.24, 2.45) is 0 Å². The minimum absolute atomic E-state index is 0.0689. The maximum Gasteiger partial charge on any atom is 0.0549 e. The fourth-order valence-electron chi connectivity index (χ4n) is 24.0. The molecule has 680 valence electrons. The summed E-state index contributed by atoms with van der Waals surface area (Å²) in [6, 6.07) is 185. The largest absolute Gasteiger partial charge is 0.310 e. The second-order valence-electron chi connectivity index (χ2n) is 40.1. The standard InChI is InChI=1S/C37H29N.2C35H27N.C31H25N/c1-37(2)33-23-12-11-22-32(33)35-34(25-28-16-9-10-21-31(28)36(35)37)38(29-18-7-4-8-19-29)30-20-13-17-27(24-30)26-14-5-3-6-15-26;1-35(2)30-21-11-10-20-29(30)33-32(23-25-14-7-9-19-28(25)34(33)35)36(26-16-4-3-5-17-26)31-22-12-15-24-13-6-8-18-27(24)31;1-35(2)31-19-11-10-18-30(31)33-32(23-26-14-8-9-17-29(26)34(33)35)36(27-15-4-3-5-16-27)28-21-20-24-12-6-7-13-25(24)22-28;1-31(2)27-20-12-11-19-26(27)29-28(21-22-13-9-10-18-25(22)30(29)31)32(23-14-5-3-6-15-23)24-16-7-4-8-17-24/h3-25H,1-2H3;2*3-23H,1-2H3;3-21H,1-2H3. The Morgan fingerprint density at radius 3 is 0.739 bits per heavy atom. The predicted octanol–water partition coefficient (Wildman–Crippen LogP) is 38.4. The van der Waals surface area contributed by atoms with Crippen LogP contribution in [0.5, 0.6) is 0 Å². The predicted molar refractivity (Wildman–Crippen MR) is 605 cm³/mol. The van der Waals surface area contributed by atoms with Gasteiger partial charge in [-0.2, -0.15) is 0 Å². The smallest absolute Gasteiger partial charge is 0.0549 e. The molecule has 4 heteroatoms. The molecular weight excluding hydrogens is 1710 g/mol. The normalized spacial score (nSPS) is 13.4. The van der Waals surface area contributed by atoms with Crippen molar-refractivity contribution >= 4 is 133 Å². The molecule has 27 rings (SSSR count). The molecule has 0 spiro atoms. The highest BCUT2D eigenvalue weighted by atomic mass is 15.2. The number of para-hydroxylation sites is 5. The van der Waals surface area contributed by atoms with E-state index in [0.29, 0.717) is 0 Å². The lowest BCUT2D eigenvalue weighted by Gasteiger charge is -2.31. The maximum atomic E-state index is 2.46. The van der Waals surface area contributed by atoms with Crippen LogP contribution < -0.4 is 19.6 Å². The Kier molecular flexibility index (Phi) is 22.0. The van der Waals surface area contributed by atoms with Crippen LogP contribution in [0, 0.1) is 0 Å². The average Bonchev–Trinajstić information content (AvgIpc) is 1.57. The van der Waals surface area contributed by atoms with Gasteiger partial charge in [-0.25, -0.2) is 0 Å². The van der Waals surface area contributed by atoms with Gasteiger partial charge in [0.25, 0.3) is 0 Å². The summed E-state index contributed by atoms with van der Waals surface area (Å²) in [5.74, 6) is 0. The third-order valence-corrected chi connectivity index (χ3v) is 30.3. The first-order valence-corrected chi connectivity index (χ1v) is 49.8. The van der Waals surface area contributed by atoms with Gasteiger partial charge in [0, 0.05) is 89.1 Å². The van der Waals surface area contributed by atoms with Crippen molar-refractivity contribution in [1.29, 1.82) is 0 Å². The first kappa shape index (κ1) is 87.6. The Morgan fingerprint density at radius 2 is 0.380 bits per heavy atom. The lowest BCUT2D eigenvalue weighted by atomic mass is 9.80. The Morgan fingerprint density at radius 1 is 0.141 bits per heavy atom. The van der Waals surface area contributed by atoms with Crippen LogP contribution in [0.15, 0.2) is 510 Å². The minimum atomic E-state index is -0.101. The summed E-state index contributed by atoms with van der Waals surface area (Å²) < 4.78 is 0. The van der Waals surface area contributed by atoms with Crippen molar-refractivity contribution in [1.82, 2.24) is 0 Å². The minimum Gasteiger partial charge on any atom is -0.310 e. The fraction of sp³-hybridized carbons (Fsp3) is 0.0870. The number of anilines is 12. The Hall–Kier alpha value is -17.2. The molecule has 4 nitrogen and oxygen atoms in total. The van der Waals surface area contributed by atoms with Crippen molar-refractivity contribution in [3.63, 3.8) is 0 Å². The summed E-state index contributed by atoms with van der Waals surface area (Å²) in [6.45, 7) is 19.0. The molecule has 0 saturated carbocycles. The van der Waals surface area contributed by atoms with Crippen LogP contribution in [0.1, 0.15) is 99.9 Å². The lowest BCUT2D eigenvalue weighted by Crippen LogP contribution is -2.17. The van der Waals surface area contributed by atoms with Gasteiger partial charge in [-0.15, -0.1) is 0 Å². The second-order valence-corrected chi connectivity index (χ2v) is 40.1. The van der Waals surface area contributed by atoms with Gasteiger partial charge in [0.2, 0.25) is 0 Å². The molecule has 0 aliphatic heterocycles. The quantitative estimate of drug-likeness (QED) is 0.114. The van der Waals surface area contributed by atoms with Crippen molar-refractivity contribution in [3.8, 4) is 55.6 Å². The number of hydrogen-bond acceptors (Lipinski definition) is 4. The summed E-state index contributed by atoms with van der Waals surface area (Å²) in [4.78, 5) is 9.75. The third kappa shape index (κ3) is 14.9. The summed E-state index contributed by atoms with van der Waals surface area (Å²) in [5, 5.41) is 15.4. The summed E-state index contributed by atoms with van der Waals surface area (Å²) >= 11 is 0. The zero-order valence-corrected chi connectivity index (χ0v) is 81.3. The van der Waals surface area contributed by atoms with Crippen molar-refractivity contribution in [2.45, 2.75) is 77.0 Å². The fourth-order valence-corrected chi connectivity index (χ4v) is 24.0. The van der Waals surface area contributed by atoms with Crippen LogP contribution in [-0.2, 0) is 21.7 Å². The topological polar surface area (TPSA) is 13.0 Å². The molecule has 0 atom stereocenters. The molecule has 0 N–H and O–H groups in total. The first-order valence-electron chi connectivity index (χ1n) is 49.8. The lowest BCUT2D eigenvalue weighted by molar-refractivity contribution is 0.666. The van der Waals surface area contributed by atoms with Crippen LogP contribution in [0.2, 0.25) is 0 Å². The second kappa shape index (κ2) is 35.7. The molecule has 142 heavy (non-hydrogen) atoms. The molecule has 0 amide bonds. The zero-order valence-electron chi connectivity index (χ0n) is 81.3. The monoisotopic (exact) mass is 1820 g/mol. The summed E-state index contributed by atoms with van der Waals surface area (Å²) in [5.41, 5.74) is 38.2. The van der Waals surface area contributed by atoms with E-state index in [9.17, 15) is 0 Å². The van der Waals surface area contributed by atoms with Crippen LogP contribution in [0.25, 0.3) is 120 Å². The number of benzene rings is 23. The van der Waals surface area contributed by atoms with Gasteiger partial charge >= 0.3 is 0 Å². The van der Waals surface area contributed by atoms with Crippen molar-refractivity contribution in [3.05, 3.63) is 554 Å². The van der Waals surface area contributed by atoms with Crippen LogP contribution in [0.3, 0.4) is 0 Å². The van der Waals surface area contributed by atoms with Crippen LogP contribution in [-0.4, -0.2) is 0 Å². The Labute approximate surface area is 833 Å². The highest BCUT2D eigenvalue weighted by molar-refractivity contribution is 6.13. The zero-order chi connectivity index (χ0) is 96.0. The molecule has 4 aliphatic carbocycles. The van der Waals surface area contributed by atoms with E-state index >= 15 is 0 Å². The molecular formula is C138H108N4. The van der Waals surface area contributed by atoms with E-state index in [-0.39, 0.29) is 21.7 Å². The number of fused-ring (bicyclic) bond motifs is 22. The summed E-state index contributed by atoms with van der Waals surface area (Å²) in [7, 11) is 0. The molecule has 23 aromatic rings. The molecule has 0 unspecified atom stereocenters. The number of nitrogens with zero attached hydrogens (tertiary/aromatic N) is 4. The maximum absolute atomic E-state index is 2.46. The Bertz CT molecular complexity index is 8730. The van der Waals surface area contributed by atoms with Gasteiger partial charge in [0.05, 0.1) is 28.4 Å². The molecule has 0 saturated heterocycles. The van der Waals surface area contributed by atoms with E-state index in [1.807, 2.05) is 0 Å². The van der Waals surface area contributed by atoms with Gasteiger partial charge in [-0.05, 0) is 252 Å². The molecule has 0 heterocycles. The van der Waals surface area contributed by atoms with Crippen LogP contribution in [0.4, 0.5) is 68.2 Å². The SMILES string of the molecule is CC1(C)c2ccccc2-c2c(N(c3ccccc3)c3ccc4ccccc4c3)cc3ccccc3c21.CC1(C)c2ccccc2-c2c(N(c3ccccc3)c3cccc(-c4ccccc4)c3)cc3ccccc3c21.CC1(C)c2ccccc2-c2c(N(c3ccccc3)c3cccc4ccccc34)cc3ccccc3c21.CC1(C)c2ccccc2-c2c(N(c3ccccc3)c3ccccc3)cc3ccccc3c21. The first-order chi connectivity index (χ1) is 69.6. The molecule has 0 aromatic heterocycles. The Balaban J connectivity index is 0.000000102. The highest BCUT2D eigenvalue weighted by Gasteiger charge is 2.45. The van der Waals surface area contributed by atoms with E-state index in [4.69, 9.17) is 0 Å². The van der Waals surface area contributed by atoms with Gasteiger partial charge in [-0.1, -0.05) is 450 Å². The molecule has 0 radical (unpaired) electrons. The van der Waals surface area contributed by atoms with Gasteiger partial charge < -0.3 is 19.6 Å². The van der Waals surface area contributed by atoms with Gasteiger partial charge in [0.1, 0.15) is 0 Å². The molecule has 0 fully saturated rings. The summed E-state index contributed by atoms with van der Waals surface area (Å²) in [6.07, 6.45) is 0. The van der Waals surface area contributed by atoms with Gasteiger partial charge in [-0.3, -0.25) is 0 Å². The van der Waals surface area contributed by atoms with E-state index in [0.717, 1.165) is 22.7 Å². The molecule has 23 aromatic carbocycles. The number of hydrogen-bond donors (Lipinski definition) is 0. The molecule has 4 aliphatic rings. The number of rotatable bonds is 13. The van der Waals surface area contributed by atoms with Gasteiger partial charge in [0.15, 0.2) is 0 Å². The molecule has 0 bridgehead atoms. The van der Waals surface area contributed by atoms with Crippen LogP contribution >= 0.6 is 0 Å². The average molecular weight is 1820 g/mol. The van der Waals surface area contributed by atoms with E-state index in [1.54, 1.807) is 0 Å².